The van der Waals surface area contributed by atoms with Crippen LogP contribution in [-0.2, 0) is 18.8 Å². The number of carbonyl (C=O) groups excluding carboxylic acids is 1. The molecule has 2 aromatic heterocycles. The summed E-state index contributed by atoms with van der Waals surface area (Å²) in [7, 11) is -0.624. The van der Waals surface area contributed by atoms with E-state index in [4.69, 9.17) is 18.8 Å². The van der Waals surface area contributed by atoms with Gasteiger partial charge < -0.3 is 18.8 Å². The minimum Gasteiger partial charge on any atom is -0.443 e. The molecule has 0 saturated carbocycles. The van der Waals surface area contributed by atoms with E-state index in [0.29, 0.717) is 5.52 Å². The third-order valence-electron chi connectivity index (χ3n) is 7.34. The molecule has 0 spiro atoms. The highest BCUT2D eigenvalue weighted by Gasteiger charge is 2.52. The van der Waals surface area contributed by atoms with Gasteiger partial charge in [0.25, 0.3) is 0 Å². The van der Waals surface area contributed by atoms with Crippen LogP contribution in [0.2, 0.25) is 0 Å². The van der Waals surface area contributed by atoms with Gasteiger partial charge in [0.2, 0.25) is 0 Å². The third-order valence-corrected chi connectivity index (χ3v) is 7.34. The number of benzene rings is 1. The first-order chi connectivity index (χ1) is 16.9. The standard InChI is InChI=1S/C27H36BN3O5/c1-25(2,3)34-24(32)30-14-13-20-19(18-16-29-31(17-18)22-10-8-9-15-33-22)11-12-21(23(20)30)28-35-26(4,5)27(6,7)36-28/h11-14,16-17,22H,8-10,15H2,1-7H3. The summed E-state index contributed by atoms with van der Waals surface area (Å²) in [4.78, 5) is 13.2. The van der Waals surface area contributed by atoms with Crippen molar-refractivity contribution in [3.05, 3.63) is 36.8 Å². The fourth-order valence-electron chi connectivity index (χ4n) is 4.73. The molecule has 36 heavy (non-hydrogen) atoms. The molecule has 192 valence electrons. The minimum absolute atomic E-state index is 0.0432. The number of ether oxygens (including phenoxy) is 2. The second kappa shape index (κ2) is 8.75. The topological polar surface area (TPSA) is 76.7 Å². The molecule has 1 atom stereocenters. The first-order valence-electron chi connectivity index (χ1n) is 12.8. The first kappa shape index (κ1) is 25.1. The summed E-state index contributed by atoms with van der Waals surface area (Å²) in [5.74, 6) is 0. The number of nitrogens with zero attached hydrogens (tertiary/aromatic N) is 3. The largest absolute Gasteiger partial charge is 0.497 e. The van der Waals surface area contributed by atoms with Crippen molar-refractivity contribution in [2.24, 2.45) is 0 Å². The molecule has 2 aliphatic heterocycles. The predicted octanol–water partition coefficient (Wildman–Crippen LogP) is 5.29. The van der Waals surface area contributed by atoms with Gasteiger partial charge in [-0.05, 0) is 79.4 Å². The summed E-state index contributed by atoms with van der Waals surface area (Å²) in [6, 6.07) is 5.97. The van der Waals surface area contributed by atoms with Gasteiger partial charge in [0, 0.05) is 35.4 Å². The Hall–Kier alpha value is -2.62. The van der Waals surface area contributed by atoms with Crippen molar-refractivity contribution < 1.29 is 23.6 Å². The molecule has 5 rings (SSSR count). The van der Waals surface area contributed by atoms with Gasteiger partial charge in [-0.25, -0.2) is 9.48 Å². The van der Waals surface area contributed by atoms with Crippen LogP contribution in [0.4, 0.5) is 4.79 Å². The maximum atomic E-state index is 13.2. The Morgan fingerprint density at radius 2 is 1.83 bits per heavy atom. The molecule has 0 amide bonds. The van der Waals surface area contributed by atoms with E-state index in [1.807, 2.05) is 83.7 Å². The van der Waals surface area contributed by atoms with E-state index in [-0.39, 0.29) is 6.23 Å². The van der Waals surface area contributed by atoms with Crippen LogP contribution in [-0.4, -0.2) is 51.0 Å². The van der Waals surface area contributed by atoms with Crippen molar-refractivity contribution in [2.75, 3.05) is 6.61 Å². The van der Waals surface area contributed by atoms with E-state index in [1.165, 1.54) is 0 Å². The third kappa shape index (κ3) is 4.48. The molecule has 0 N–H and O–H groups in total. The molecule has 0 bridgehead atoms. The zero-order valence-electron chi connectivity index (χ0n) is 22.3. The molecule has 4 heterocycles. The van der Waals surface area contributed by atoms with Gasteiger partial charge in [-0.3, -0.25) is 4.57 Å². The lowest BCUT2D eigenvalue weighted by Crippen LogP contribution is -2.41. The highest BCUT2D eigenvalue weighted by Crippen LogP contribution is 2.38. The molecule has 1 aromatic carbocycles. The van der Waals surface area contributed by atoms with Crippen LogP contribution in [0.1, 0.15) is 74.0 Å². The van der Waals surface area contributed by atoms with E-state index in [2.05, 4.69) is 5.10 Å². The molecule has 0 aliphatic carbocycles. The zero-order chi connectivity index (χ0) is 25.9. The van der Waals surface area contributed by atoms with Gasteiger partial charge in [-0.2, -0.15) is 5.10 Å². The van der Waals surface area contributed by atoms with E-state index in [9.17, 15) is 4.79 Å². The van der Waals surface area contributed by atoms with Crippen molar-refractivity contribution in [3.63, 3.8) is 0 Å². The molecule has 0 radical (unpaired) electrons. The lowest BCUT2D eigenvalue weighted by Gasteiger charge is -2.32. The molecule has 2 saturated heterocycles. The van der Waals surface area contributed by atoms with Crippen molar-refractivity contribution in [2.45, 2.75) is 90.8 Å². The average molecular weight is 493 g/mol. The molecule has 2 aliphatic rings. The van der Waals surface area contributed by atoms with Crippen LogP contribution in [0.5, 0.6) is 0 Å². The summed E-state index contributed by atoms with van der Waals surface area (Å²) < 4.78 is 27.8. The molecular formula is C27H36BN3O5. The van der Waals surface area contributed by atoms with Crippen LogP contribution in [0.3, 0.4) is 0 Å². The normalized spacial score (nSPS) is 21.8. The highest BCUT2D eigenvalue weighted by molar-refractivity contribution is 6.65. The van der Waals surface area contributed by atoms with Crippen LogP contribution < -0.4 is 5.46 Å². The van der Waals surface area contributed by atoms with Crippen molar-refractivity contribution >= 4 is 29.6 Å². The van der Waals surface area contributed by atoms with Crippen LogP contribution in [0.15, 0.2) is 36.8 Å². The summed E-state index contributed by atoms with van der Waals surface area (Å²) in [5, 5.41) is 5.50. The predicted molar refractivity (Wildman–Crippen MR) is 139 cm³/mol. The number of rotatable bonds is 3. The summed E-state index contributed by atoms with van der Waals surface area (Å²) in [6.07, 6.45) is 8.31. The second-order valence-corrected chi connectivity index (χ2v) is 11.7. The second-order valence-electron chi connectivity index (χ2n) is 11.7. The highest BCUT2D eigenvalue weighted by atomic mass is 16.7. The van der Waals surface area contributed by atoms with Gasteiger partial charge in [-0.15, -0.1) is 0 Å². The van der Waals surface area contributed by atoms with Gasteiger partial charge >= 0.3 is 13.2 Å². The number of fused-ring (bicyclic) bond motifs is 1. The number of hydrogen-bond acceptors (Lipinski definition) is 6. The van der Waals surface area contributed by atoms with Gasteiger partial charge in [0.15, 0.2) is 0 Å². The Bertz CT molecular complexity index is 1260. The molecular weight excluding hydrogens is 457 g/mol. The Kier molecular flexibility index (Phi) is 6.09. The summed E-state index contributed by atoms with van der Waals surface area (Å²) in [5.41, 5.74) is 1.77. The Morgan fingerprint density at radius 1 is 1.11 bits per heavy atom. The lowest BCUT2D eigenvalue weighted by molar-refractivity contribution is -0.0394. The molecule has 9 heteroatoms. The van der Waals surface area contributed by atoms with Crippen molar-refractivity contribution in [3.8, 4) is 11.1 Å². The monoisotopic (exact) mass is 493 g/mol. The van der Waals surface area contributed by atoms with Gasteiger partial charge in [0.05, 0.1) is 22.9 Å². The minimum atomic E-state index is -0.628. The van der Waals surface area contributed by atoms with Crippen molar-refractivity contribution in [1.82, 2.24) is 14.3 Å². The molecule has 3 aromatic rings. The fraction of sp³-hybridized carbons (Fsp3) is 0.556. The van der Waals surface area contributed by atoms with E-state index >= 15 is 0 Å². The smallest absolute Gasteiger partial charge is 0.443 e. The number of carbonyl (C=O) groups is 1. The quantitative estimate of drug-likeness (QED) is 0.462. The van der Waals surface area contributed by atoms with Crippen LogP contribution in [0, 0.1) is 0 Å². The molecule has 8 nitrogen and oxygen atoms in total. The van der Waals surface area contributed by atoms with Crippen LogP contribution >= 0.6 is 0 Å². The number of aromatic nitrogens is 3. The first-order valence-corrected chi connectivity index (χ1v) is 12.8. The summed E-state index contributed by atoms with van der Waals surface area (Å²) >= 11 is 0. The SMILES string of the molecule is CC(C)(C)OC(=O)n1ccc2c(-c3cnn(C4CCCCO4)c3)ccc(B3OC(C)(C)C(C)(C)O3)c21. The Balaban J connectivity index is 1.61. The van der Waals surface area contributed by atoms with E-state index < -0.39 is 30.0 Å². The maximum absolute atomic E-state index is 13.2. The van der Waals surface area contributed by atoms with Gasteiger partial charge in [0.1, 0.15) is 11.8 Å². The van der Waals surface area contributed by atoms with Crippen molar-refractivity contribution in [1.29, 1.82) is 0 Å². The zero-order valence-corrected chi connectivity index (χ0v) is 22.3. The van der Waals surface area contributed by atoms with E-state index in [0.717, 1.165) is 47.8 Å². The van der Waals surface area contributed by atoms with E-state index in [1.54, 1.807) is 10.8 Å². The lowest BCUT2D eigenvalue weighted by atomic mass is 9.77. The maximum Gasteiger partial charge on any atom is 0.497 e. The number of hydrogen-bond donors (Lipinski definition) is 0. The Labute approximate surface area is 213 Å². The fourth-order valence-corrected chi connectivity index (χ4v) is 4.73. The average Bonchev–Trinajstić information content (AvgIpc) is 3.49. The Morgan fingerprint density at radius 3 is 2.47 bits per heavy atom. The van der Waals surface area contributed by atoms with Gasteiger partial charge in [-0.1, -0.05) is 12.1 Å². The molecule has 1 unspecified atom stereocenters. The summed E-state index contributed by atoms with van der Waals surface area (Å²) in [6.45, 7) is 14.4. The van der Waals surface area contributed by atoms with Crippen LogP contribution in [0.25, 0.3) is 22.0 Å². The molecule has 2 fully saturated rings.